The van der Waals surface area contributed by atoms with Crippen molar-refractivity contribution in [2.45, 2.75) is 26.7 Å². The van der Waals surface area contributed by atoms with Crippen LogP contribution in [0.25, 0.3) is 0 Å². The molecule has 0 unspecified atom stereocenters. The monoisotopic (exact) mass is 223 g/mol. The molecule has 1 N–H and O–H groups in total. The van der Waals surface area contributed by atoms with Crippen molar-refractivity contribution in [3.63, 3.8) is 0 Å². The van der Waals surface area contributed by atoms with Gasteiger partial charge in [0.1, 0.15) is 5.82 Å². The van der Waals surface area contributed by atoms with E-state index in [2.05, 4.69) is 12.2 Å². The quantitative estimate of drug-likeness (QED) is 0.749. The third-order valence-electron chi connectivity index (χ3n) is 2.44. The van der Waals surface area contributed by atoms with Gasteiger partial charge in [-0.25, -0.2) is 4.39 Å². The molecule has 0 aliphatic rings. The Morgan fingerprint density at radius 3 is 2.81 bits per heavy atom. The Morgan fingerprint density at radius 2 is 2.19 bits per heavy atom. The number of rotatable bonds is 6. The van der Waals surface area contributed by atoms with Gasteiger partial charge in [-0.1, -0.05) is 13.0 Å². The SMILES string of the molecule is CCCNCC(=O)Cc1ccc(F)cc1C. The molecule has 0 aliphatic carbocycles. The fraction of sp³-hybridized carbons (Fsp3) is 0.462. The average Bonchev–Trinajstić information content (AvgIpc) is 2.23. The summed E-state index contributed by atoms with van der Waals surface area (Å²) in [4.78, 5) is 11.6. The van der Waals surface area contributed by atoms with E-state index < -0.39 is 0 Å². The lowest BCUT2D eigenvalue weighted by atomic mass is 10.0. The number of hydrogen-bond acceptors (Lipinski definition) is 2. The molecule has 0 bridgehead atoms. The molecular weight excluding hydrogens is 205 g/mol. The number of Topliss-reactive ketones (excluding diaryl/α,β-unsaturated/α-hetero) is 1. The lowest BCUT2D eigenvalue weighted by Crippen LogP contribution is -2.25. The number of ketones is 1. The topological polar surface area (TPSA) is 29.1 Å². The minimum Gasteiger partial charge on any atom is -0.310 e. The third-order valence-corrected chi connectivity index (χ3v) is 2.44. The molecule has 16 heavy (non-hydrogen) atoms. The molecular formula is C13H18FNO. The molecule has 1 aromatic rings. The molecule has 0 spiro atoms. The second-order valence-corrected chi connectivity index (χ2v) is 3.96. The predicted molar refractivity (Wildman–Crippen MR) is 63.0 cm³/mol. The van der Waals surface area contributed by atoms with Gasteiger partial charge < -0.3 is 5.32 Å². The number of carbonyl (C=O) groups excluding carboxylic acids is 1. The van der Waals surface area contributed by atoms with Crippen molar-refractivity contribution in [1.82, 2.24) is 5.32 Å². The van der Waals surface area contributed by atoms with Crippen LogP contribution in [0.2, 0.25) is 0 Å². The highest BCUT2D eigenvalue weighted by Crippen LogP contribution is 2.10. The van der Waals surface area contributed by atoms with Crippen molar-refractivity contribution < 1.29 is 9.18 Å². The van der Waals surface area contributed by atoms with Gasteiger partial charge in [-0.3, -0.25) is 4.79 Å². The van der Waals surface area contributed by atoms with Crippen LogP contribution in [0.5, 0.6) is 0 Å². The second kappa shape index (κ2) is 6.38. The lowest BCUT2D eigenvalue weighted by Gasteiger charge is -2.06. The summed E-state index contributed by atoms with van der Waals surface area (Å²) in [6, 6.07) is 4.54. The summed E-state index contributed by atoms with van der Waals surface area (Å²) in [5, 5.41) is 3.06. The molecule has 0 saturated carbocycles. The molecule has 0 radical (unpaired) electrons. The van der Waals surface area contributed by atoms with Crippen molar-refractivity contribution in [3.8, 4) is 0 Å². The third kappa shape index (κ3) is 4.11. The molecule has 0 aliphatic heterocycles. The van der Waals surface area contributed by atoms with Gasteiger partial charge in [0.15, 0.2) is 5.78 Å². The van der Waals surface area contributed by atoms with Gasteiger partial charge in [-0.15, -0.1) is 0 Å². The molecule has 0 amide bonds. The van der Waals surface area contributed by atoms with E-state index in [1.54, 1.807) is 6.07 Å². The summed E-state index contributed by atoms with van der Waals surface area (Å²) in [6.45, 7) is 5.13. The van der Waals surface area contributed by atoms with Gasteiger partial charge in [0.25, 0.3) is 0 Å². The molecule has 0 aromatic heterocycles. The summed E-state index contributed by atoms with van der Waals surface area (Å²) in [5.41, 5.74) is 1.74. The van der Waals surface area contributed by atoms with Gasteiger partial charge in [-0.2, -0.15) is 0 Å². The highest BCUT2D eigenvalue weighted by Gasteiger charge is 2.06. The van der Waals surface area contributed by atoms with E-state index in [1.807, 2.05) is 6.92 Å². The predicted octanol–water partition coefficient (Wildman–Crippen LogP) is 2.25. The maximum atomic E-state index is 12.8. The fourth-order valence-electron chi connectivity index (χ4n) is 1.54. The summed E-state index contributed by atoms with van der Waals surface area (Å²) >= 11 is 0. The van der Waals surface area contributed by atoms with E-state index in [1.165, 1.54) is 12.1 Å². The van der Waals surface area contributed by atoms with E-state index in [9.17, 15) is 9.18 Å². The minimum absolute atomic E-state index is 0.142. The van der Waals surface area contributed by atoms with Crippen LogP contribution in [-0.4, -0.2) is 18.9 Å². The summed E-state index contributed by atoms with van der Waals surface area (Å²) in [6.07, 6.45) is 1.39. The van der Waals surface area contributed by atoms with Crippen LogP contribution in [0.15, 0.2) is 18.2 Å². The van der Waals surface area contributed by atoms with Crippen LogP contribution in [-0.2, 0) is 11.2 Å². The Bertz CT molecular complexity index is 363. The zero-order valence-electron chi connectivity index (χ0n) is 9.85. The zero-order valence-corrected chi connectivity index (χ0v) is 9.85. The first kappa shape index (κ1) is 12.8. The number of nitrogens with one attached hydrogen (secondary N) is 1. The Kier molecular flexibility index (Phi) is 5.12. The van der Waals surface area contributed by atoms with E-state index in [4.69, 9.17) is 0 Å². The molecule has 1 rings (SSSR count). The largest absolute Gasteiger partial charge is 0.310 e. The van der Waals surface area contributed by atoms with Crippen LogP contribution in [0.4, 0.5) is 4.39 Å². The van der Waals surface area contributed by atoms with Gasteiger partial charge in [0.2, 0.25) is 0 Å². The molecule has 88 valence electrons. The van der Waals surface area contributed by atoms with Crippen LogP contribution in [0, 0.1) is 12.7 Å². The van der Waals surface area contributed by atoms with E-state index >= 15 is 0 Å². The van der Waals surface area contributed by atoms with Crippen LogP contribution in [0.3, 0.4) is 0 Å². The first-order valence-electron chi connectivity index (χ1n) is 5.61. The van der Waals surface area contributed by atoms with E-state index in [-0.39, 0.29) is 11.6 Å². The van der Waals surface area contributed by atoms with Crippen molar-refractivity contribution >= 4 is 5.78 Å². The van der Waals surface area contributed by atoms with Gasteiger partial charge in [0.05, 0.1) is 6.54 Å². The van der Waals surface area contributed by atoms with E-state index in [0.29, 0.717) is 13.0 Å². The van der Waals surface area contributed by atoms with Crippen molar-refractivity contribution in [1.29, 1.82) is 0 Å². The van der Waals surface area contributed by atoms with Crippen LogP contribution < -0.4 is 5.32 Å². The molecule has 0 atom stereocenters. The maximum absolute atomic E-state index is 12.8. The number of halogens is 1. The van der Waals surface area contributed by atoms with Crippen molar-refractivity contribution in [3.05, 3.63) is 35.1 Å². The van der Waals surface area contributed by atoms with Gasteiger partial charge in [0, 0.05) is 6.42 Å². The van der Waals surface area contributed by atoms with Crippen LogP contribution in [0.1, 0.15) is 24.5 Å². The summed E-state index contributed by atoms with van der Waals surface area (Å²) in [5.74, 6) is -0.110. The molecule has 0 fully saturated rings. The first-order valence-corrected chi connectivity index (χ1v) is 5.61. The van der Waals surface area contributed by atoms with E-state index in [0.717, 1.165) is 24.1 Å². The maximum Gasteiger partial charge on any atom is 0.150 e. The Hall–Kier alpha value is -1.22. The number of benzene rings is 1. The Morgan fingerprint density at radius 1 is 1.44 bits per heavy atom. The van der Waals surface area contributed by atoms with Gasteiger partial charge >= 0.3 is 0 Å². The number of carbonyl (C=O) groups is 1. The standard InChI is InChI=1S/C13H18FNO/c1-3-6-15-9-13(16)8-11-4-5-12(14)7-10(11)2/h4-5,7,15H,3,6,8-9H2,1-2H3. The average molecular weight is 223 g/mol. The molecule has 0 heterocycles. The molecule has 3 heteroatoms. The van der Waals surface area contributed by atoms with Crippen molar-refractivity contribution in [2.24, 2.45) is 0 Å². The Labute approximate surface area is 95.9 Å². The minimum atomic E-state index is -0.252. The molecule has 1 aromatic carbocycles. The fourth-order valence-corrected chi connectivity index (χ4v) is 1.54. The van der Waals surface area contributed by atoms with Gasteiger partial charge in [-0.05, 0) is 43.1 Å². The highest BCUT2D eigenvalue weighted by atomic mass is 19.1. The summed E-state index contributed by atoms with van der Waals surface area (Å²) < 4.78 is 12.8. The molecule has 2 nitrogen and oxygen atoms in total. The zero-order chi connectivity index (χ0) is 12.0. The lowest BCUT2D eigenvalue weighted by molar-refractivity contribution is -0.117. The second-order valence-electron chi connectivity index (χ2n) is 3.96. The van der Waals surface area contributed by atoms with Crippen LogP contribution >= 0.6 is 0 Å². The first-order chi connectivity index (χ1) is 7.63. The number of aryl methyl sites for hydroxylation is 1. The highest BCUT2D eigenvalue weighted by molar-refractivity contribution is 5.83. The number of hydrogen-bond donors (Lipinski definition) is 1. The van der Waals surface area contributed by atoms with Crippen molar-refractivity contribution in [2.75, 3.05) is 13.1 Å². The summed E-state index contributed by atoms with van der Waals surface area (Å²) in [7, 11) is 0. The normalized spacial score (nSPS) is 10.4. The smallest absolute Gasteiger partial charge is 0.150 e. The molecule has 0 saturated heterocycles. The Balaban J connectivity index is 2.49.